The SMILES string of the molecule is CCN(C(=O)Cn1nc(Cc2cccnc2)c2cc(C(C)(C)C)ccc2c1=O)c1ccc2c(c1)OC(F)(F)O2. The molecule has 0 N–H and O–H groups in total. The number of amides is 1. The standard InChI is InChI=1S/C29H28F2N4O4/c1-5-34(20-9-11-24-25(15-20)39-29(30,31)38-24)26(36)17-35-27(37)21-10-8-19(28(2,3)4)14-22(21)23(33-35)13-18-7-6-12-32-16-18/h6-12,14-16H,5,13,17H2,1-4H3. The second-order valence-corrected chi connectivity index (χ2v) is 10.4. The zero-order valence-corrected chi connectivity index (χ0v) is 22.1. The van der Waals surface area contributed by atoms with Crippen molar-refractivity contribution in [3.8, 4) is 11.5 Å². The normalized spacial score (nSPS) is 14.0. The smallest absolute Gasteiger partial charge is 0.395 e. The average molecular weight is 535 g/mol. The van der Waals surface area contributed by atoms with Crippen LogP contribution in [0.5, 0.6) is 11.5 Å². The first-order valence-corrected chi connectivity index (χ1v) is 12.6. The highest BCUT2D eigenvalue weighted by Gasteiger charge is 2.43. The van der Waals surface area contributed by atoms with Crippen LogP contribution >= 0.6 is 0 Å². The number of likely N-dealkylation sites (N-methyl/N-ethyl adjacent to an activating group) is 1. The number of fused-ring (bicyclic) bond motifs is 2. The number of hydrogen-bond donors (Lipinski definition) is 0. The number of carbonyl (C=O) groups excluding carboxylic acids is 1. The lowest BCUT2D eigenvalue weighted by Gasteiger charge is -2.22. The average Bonchev–Trinajstić information content (AvgIpc) is 3.20. The summed E-state index contributed by atoms with van der Waals surface area (Å²) in [6.07, 6.45) is 0.0781. The second-order valence-electron chi connectivity index (χ2n) is 10.4. The Hall–Kier alpha value is -4.34. The molecule has 1 aliphatic heterocycles. The summed E-state index contributed by atoms with van der Waals surface area (Å²) >= 11 is 0. The molecular weight excluding hydrogens is 506 g/mol. The van der Waals surface area contributed by atoms with Gasteiger partial charge in [0.2, 0.25) is 5.91 Å². The molecule has 2 aromatic carbocycles. The number of pyridine rings is 1. The first kappa shape index (κ1) is 26.3. The molecule has 0 atom stereocenters. The number of alkyl halides is 2. The number of halogens is 2. The number of rotatable bonds is 6. The maximum absolute atomic E-state index is 13.5. The third-order valence-electron chi connectivity index (χ3n) is 6.60. The first-order valence-electron chi connectivity index (χ1n) is 12.6. The monoisotopic (exact) mass is 534 g/mol. The minimum absolute atomic E-state index is 0.116. The zero-order chi connectivity index (χ0) is 27.9. The van der Waals surface area contributed by atoms with E-state index >= 15 is 0 Å². The highest BCUT2D eigenvalue weighted by Crippen LogP contribution is 2.42. The Balaban J connectivity index is 1.52. The Kier molecular flexibility index (Phi) is 6.57. The molecule has 5 rings (SSSR count). The molecule has 0 unspecified atom stereocenters. The molecule has 1 aliphatic rings. The molecular formula is C29H28F2N4O4. The van der Waals surface area contributed by atoms with E-state index in [4.69, 9.17) is 0 Å². The molecule has 0 bridgehead atoms. The van der Waals surface area contributed by atoms with Crippen molar-refractivity contribution >= 4 is 22.4 Å². The van der Waals surface area contributed by atoms with Gasteiger partial charge in [0, 0.05) is 42.5 Å². The van der Waals surface area contributed by atoms with Gasteiger partial charge in [0.1, 0.15) is 6.54 Å². The summed E-state index contributed by atoms with van der Waals surface area (Å²) < 4.78 is 37.1. The van der Waals surface area contributed by atoms with E-state index in [0.717, 1.165) is 21.2 Å². The molecule has 1 amide bonds. The van der Waals surface area contributed by atoms with Gasteiger partial charge in [-0.3, -0.25) is 14.6 Å². The lowest BCUT2D eigenvalue weighted by atomic mass is 9.85. The van der Waals surface area contributed by atoms with Crippen LogP contribution in [0.15, 0.2) is 65.7 Å². The summed E-state index contributed by atoms with van der Waals surface area (Å²) in [4.78, 5) is 32.5. The van der Waals surface area contributed by atoms with Crippen LogP contribution in [0.25, 0.3) is 10.8 Å². The van der Waals surface area contributed by atoms with Crippen LogP contribution in [0.4, 0.5) is 14.5 Å². The Labute approximate surface area is 223 Å². The van der Waals surface area contributed by atoms with Crippen molar-refractivity contribution in [3.63, 3.8) is 0 Å². The van der Waals surface area contributed by atoms with E-state index in [1.54, 1.807) is 25.4 Å². The molecule has 0 aliphatic carbocycles. The number of nitrogens with zero attached hydrogens (tertiary/aromatic N) is 4. The minimum atomic E-state index is -3.76. The van der Waals surface area contributed by atoms with Gasteiger partial charge in [-0.1, -0.05) is 32.9 Å². The Morgan fingerprint density at radius 1 is 1.05 bits per heavy atom. The lowest BCUT2D eigenvalue weighted by Crippen LogP contribution is -2.38. The fourth-order valence-electron chi connectivity index (χ4n) is 4.58. The van der Waals surface area contributed by atoms with E-state index in [0.29, 0.717) is 23.2 Å². The third-order valence-corrected chi connectivity index (χ3v) is 6.60. The summed E-state index contributed by atoms with van der Waals surface area (Å²) in [6.45, 7) is 7.93. The molecule has 0 saturated heterocycles. The molecule has 0 saturated carbocycles. The molecule has 0 spiro atoms. The Bertz CT molecular complexity index is 1610. The van der Waals surface area contributed by atoms with Crippen LogP contribution in [0, 0.1) is 0 Å². The highest BCUT2D eigenvalue weighted by molar-refractivity contribution is 5.94. The van der Waals surface area contributed by atoms with E-state index in [2.05, 4.69) is 40.3 Å². The van der Waals surface area contributed by atoms with Crippen molar-refractivity contribution in [3.05, 3.63) is 88.1 Å². The van der Waals surface area contributed by atoms with Crippen molar-refractivity contribution in [2.24, 2.45) is 0 Å². The summed E-state index contributed by atoms with van der Waals surface area (Å²) in [5, 5.41) is 5.81. The number of benzene rings is 2. The van der Waals surface area contributed by atoms with Crippen LogP contribution in [-0.4, -0.2) is 33.5 Å². The molecule has 3 heterocycles. The highest BCUT2D eigenvalue weighted by atomic mass is 19.3. The van der Waals surface area contributed by atoms with E-state index in [9.17, 15) is 18.4 Å². The summed E-state index contributed by atoms with van der Waals surface area (Å²) in [5.41, 5.74) is 2.42. The topological polar surface area (TPSA) is 86.6 Å². The van der Waals surface area contributed by atoms with Gasteiger partial charge < -0.3 is 14.4 Å². The van der Waals surface area contributed by atoms with E-state index in [1.165, 1.54) is 23.1 Å². The van der Waals surface area contributed by atoms with Crippen LogP contribution in [-0.2, 0) is 23.2 Å². The molecule has 2 aromatic heterocycles. The molecule has 0 radical (unpaired) electrons. The van der Waals surface area contributed by atoms with Crippen molar-refractivity contribution in [2.75, 3.05) is 11.4 Å². The molecule has 4 aromatic rings. The maximum Gasteiger partial charge on any atom is 0.586 e. The Morgan fingerprint density at radius 3 is 2.51 bits per heavy atom. The van der Waals surface area contributed by atoms with Gasteiger partial charge in [-0.15, -0.1) is 8.78 Å². The van der Waals surface area contributed by atoms with Crippen molar-refractivity contribution in [2.45, 2.75) is 52.4 Å². The summed E-state index contributed by atoms with van der Waals surface area (Å²) in [6, 6.07) is 13.6. The minimum Gasteiger partial charge on any atom is -0.395 e. The Morgan fingerprint density at radius 2 is 1.82 bits per heavy atom. The van der Waals surface area contributed by atoms with Crippen molar-refractivity contribution in [1.82, 2.24) is 14.8 Å². The quantitative estimate of drug-likeness (QED) is 0.344. The fraction of sp³-hybridized carbons (Fsp3) is 0.310. The van der Waals surface area contributed by atoms with Crippen LogP contribution in [0.2, 0.25) is 0 Å². The van der Waals surface area contributed by atoms with E-state index in [-0.39, 0.29) is 30.0 Å². The summed E-state index contributed by atoms with van der Waals surface area (Å²) in [5.74, 6) is -0.719. The molecule has 39 heavy (non-hydrogen) atoms. The fourth-order valence-corrected chi connectivity index (χ4v) is 4.58. The third kappa shape index (κ3) is 5.32. The number of aromatic nitrogens is 3. The van der Waals surface area contributed by atoms with Gasteiger partial charge >= 0.3 is 6.29 Å². The number of ether oxygens (including phenoxy) is 2. The predicted octanol–water partition coefficient (Wildman–Crippen LogP) is 5.05. The van der Waals surface area contributed by atoms with Crippen LogP contribution in [0.1, 0.15) is 44.5 Å². The predicted molar refractivity (Wildman–Crippen MR) is 142 cm³/mol. The molecule has 8 nitrogen and oxygen atoms in total. The zero-order valence-electron chi connectivity index (χ0n) is 22.1. The molecule has 10 heteroatoms. The number of anilines is 1. The first-order chi connectivity index (χ1) is 18.4. The molecule has 202 valence electrons. The van der Waals surface area contributed by atoms with E-state index in [1.807, 2.05) is 24.3 Å². The van der Waals surface area contributed by atoms with Crippen molar-refractivity contribution in [1.29, 1.82) is 0 Å². The van der Waals surface area contributed by atoms with E-state index < -0.39 is 17.8 Å². The van der Waals surface area contributed by atoms with Gasteiger partial charge in [0.25, 0.3) is 5.56 Å². The number of hydrogen-bond acceptors (Lipinski definition) is 6. The van der Waals surface area contributed by atoms with Crippen LogP contribution in [0.3, 0.4) is 0 Å². The van der Waals surface area contributed by atoms with Gasteiger partial charge in [-0.25, -0.2) is 4.68 Å². The van der Waals surface area contributed by atoms with Crippen LogP contribution < -0.4 is 19.9 Å². The molecule has 0 fully saturated rings. The number of carbonyl (C=O) groups is 1. The lowest BCUT2D eigenvalue weighted by molar-refractivity contribution is -0.286. The van der Waals surface area contributed by atoms with Gasteiger partial charge in [0.05, 0.1) is 11.1 Å². The van der Waals surface area contributed by atoms with Crippen molar-refractivity contribution < 1.29 is 23.0 Å². The second kappa shape index (κ2) is 9.76. The summed E-state index contributed by atoms with van der Waals surface area (Å²) in [7, 11) is 0. The maximum atomic E-state index is 13.5. The van der Waals surface area contributed by atoms with Gasteiger partial charge in [-0.2, -0.15) is 5.10 Å². The van der Waals surface area contributed by atoms with Gasteiger partial charge in [-0.05, 0) is 53.8 Å². The van der Waals surface area contributed by atoms with Gasteiger partial charge in [0.15, 0.2) is 11.5 Å². The largest absolute Gasteiger partial charge is 0.586 e.